The van der Waals surface area contributed by atoms with Crippen molar-refractivity contribution in [2.45, 2.75) is 17.6 Å². The zero-order chi connectivity index (χ0) is 22.5. The minimum atomic E-state index is -3.83. The minimum absolute atomic E-state index is 0.00188. The normalized spacial score (nSPS) is 11.7. The summed E-state index contributed by atoms with van der Waals surface area (Å²) in [6, 6.07) is 18.5. The molecule has 0 fully saturated rings. The molecule has 0 amide bonds. The van der Waals surface area contributed by atoms with Crippen LogP contribution in [0.5, 0.6) is 5.75 Å². The number of benzene rings is 3. The summed E-state index contributed by atoms with van der Waals surface area (Å²) >= 11 is 5.81. The van der Waals surface area contributed by atoms with Crippen LogP contribution in [0.2, 0.25) is 5.02 Å². The third-order valence-corrected chi connectivity index (χ3v) is 7.03. The van der Waals surface area contributed by atoms with Crippen LogP contribution in [-0.2, 0) is 25.8 Å². The fourth-order valence-electron chi connectivity index (χ4n) is 2.72. The van der Waals surface area contributed by atoms with Gasteiger partial charge < -0.3 is 4.74 Å². The highest BCUT2D eigenvalue weighted by Crippen LogP contribution is 2.22. The highest BCUT2D eigenvalue weighted by Gasteiger charge is 2.16. The van der Waals surface area contributed by atoms with Crippen molar-refractivity contribution in [3.05, 3.63) is 83.4 Å². The van der Waals surface area contributed by atoms with Gasteiger partial charge in [0.05, 0.1) is 17.3 Å². The molecule has 3 aromatic rings. The maximum absolute atomic E-state index is 12.6. The van der Waals surface area contributed by atoms with E-state index in [0.29, 0.717) is 28.6 Å². The van der Waals surface area contributed by atoms with Gasteiger partial charge in [0, 0.05) is 16.4 Å². The third-order valence-electron chi connectivity index (χ3n) is 4.13. The van der Waals surface area contributed by atoms with Crippen LogP contribution in [0.15, 0.2) is 77.7 Å². The van der Waals surface area contributed by atoms with Gasteiger partial charge >= 0.3 is 0 Å². The van der Waals surface area contributed by atoms with Gasteiger partial charge in [0.2, 0.25) is 10.0 Å². The molecule has 31 heavy (non-hydrogen) atoms. The first-order chi connectivity index (χ1) is 14.7. The number of sulfonamides is 2. The second-order valence-electron chi connectivity index (χ2n) is 6.57. The molecule has 0 aliphatic carbocycles. The maximum Gasteiger partial charge on any atom is 0.261 e. The lowest BCUT2D eigenvalue weighted by molar-refractivity contribution is 0.340. The second kappa shape index (κ2) is 9.59. The van der Waals surface area contributed by atoms with Crippen LogP contribution in [0.1, 0.15) is 12.5 Å². The molecular formula is C21H21ClN2O5S2. The number of hydrogen-bond acceptors (Lipinski definition) is 5. The van der Waals surface area contributed by atoms with Crippen LogP contribution in [0.25, 0.3) is 0 Å². The predicted octanol–water partition coefficient (Wildman–Crippen LogP) is 4.48. The Bertz CT molecular complexity index is 1230. The summed E-state index contributed by atoms with van der Waals surface area (Å²) in [6.45, 7) is 2.37. The maximum atomic E-state index is 12.6. The minimum Gasteiger partial charge on any atom is -0.494 e. The summed E-state index contributed by atoms with van der Waals surface area (Å²) in [6.07, 6.45) is 0. The van der Waals surface area contributed by atoms with Gasteiger partial charge in [-0.1, -0.05) is 23.7 Å². The van der Waals surface area contributed by atoms with E-state index in [1.165, 1.54) is 24.3 Å². The molecule has 10 heteroatoms. The van der Waals surface area contributed by atoms with E-state index in [2.05, 4.69) is 9.44 Å². The van der Waals surface area contributed by atoms with Crippen molar-refractivity contribution in [2.24, 2.45) is 0 Å². The molecule has 0 bridgehead atoms. The summed E-state index contributed by atoms with van der Waals surface area (Å²) in [5.74, 6) is 0.407. The van der Waals surface area contributed by atoms with Crippen molar-refractivity contribution in [1.82, 2.24) is 0 Å². The van der Waals surface area contributed by atoms with Crippen LogP contribution in [0.3, 0.4) is 0 Å². The Morgan fingerprint density at radius 1 is 0.774 bits per heavy atom. The predicted molar refractivity (Wildman–Crippen MR) is 123 cm³/mol. The Labute approximate surface area is 187 Å². The first kappa shape index (κ1) is 22.9. The van der Waals surface area contributed by atoms with Gasteiger partial charge in [0.25, 0.3) is 10.0 Å². The van der Waals surface area contributed by atoms with Crippen molar-refractivity contribution in [1.29, 1.82) is 0 Å². The number of anilines is 2. The summed E-state index contributed by atoms with van der Waals surface area (Å²) in [7, 11) is -7.51. The zero-order valence-electron chi connectivity index (χ0n) is 16.6. The van der Waals surface area contributed by atoms with Gasteiger partial charge in [-0.25, -0.2) is 16.8 Å². The van der Waals surface area contributed by atoms with E-state index in [-0.39, 0.29) is 16.3 Å². The van der Waals surface area contributed by atoms with Crippen LogP contribution in [0, 0.1) is 0 Å². The van der Waals surface area contributed by atoms with E-state index in [1.54, 1.807) is 48.5 Å². The van der Waals surface area contributed by atoms with Gasteiger partial charge in [0.15, 0.2) is 0 Å². The van der Waals surface area contributed by atoms with Crippen molar-refractivity contribution in [3.8, 4) is 5.75 Å². The standard InChI is InChI=1S/C21H21ClN2O5S2/c1-2-29-20-11-7-19(8-12-20)24-31(27,28)21-13-9-18(10-14-21)23-30(25,26)15-16-3-5-17(22)6-4-16/h3-14,23-24H,2,15H2,1H3. The Balaban J connectivity index is 1.67. The molecule has 7 nitrogen and oxygen atoms in total. The van der Waals surface area contributed by atoms with E-state index in [4.69, 9.17) is 16.3 Å². The Hall–Kier alpha value is -2.75. The average molecular weight is 481 g/mol. The van der Waals surface area contributed by atoms with Crippen LogP contribution in [0.4, 0.5) is 11.4 Å². The summed E-state index contributed by atoms with van der Waals surface area (Å²) in [5, 5.41) is 0.518. The third kappa shape index (κ3) is 6.61. The van der Waals surface area contributed by atoms with E-state index in [0.717, 1.165) is 0 Å². The second-order valence-corrected chi connectivity index (χ2v) is 10.4. The molecule has 0 unspecified atom stereocenters. The topological polar surface area (TPSA) is 102 Å². The molecule has 0 saturated heterocycles. The largest absolute Gasteiger partial charge is 0.494 e. The quantitative estimate of drug-likeness (QED) is 0.470. The molecule has 0 radical (unpaired) electrons. The number of ether oxygens (including phenoxy) is 1. The molecule has 2 N–H and O–H groups in total. The van der Waals surface area contributed by atoms with Crippen molar-refractivity contribution < 1.29 is 21.6 Å². The van der Waals surface area contributed by atoms with Crippen LogP contribution in [-0.4, -0.2) is 23.4 Å². The van der Waals surface area contributed by atoms with E-state index >= 15 is 0 Å². The Morgan fingerprint density at radius 2 is 1.32 bits per heavy atom. The fraction of sp³-hybridized carbons (Fsp3) is 0.143. The average Bonchev–Trinajstić information content (AvgIpc) is 2.71. The first-order valence-electron chi connectivity index (χ1n) is 9.27. The molecule has 0 aliphatic rings. The number of rotatable bonds is 9. The van der Waals surface area contributed by atoms with Gasteiger partial charge in [-0.3, -0.25) is 9.44 Å². The summed E-state index contributed by atoms with van der Waals surface area (Å²) in [4.78, 5) is 0.00188. The molecule has 0 saturated carbocycles. The summed E-state index contributed by atoms with van der Waals surface area (Å²) < 4.78 is 60.2. The lowest BCUT2D eigenvalue weighted by atomic mass is 10.2. The zero-order valence-corrected chi connectivity index (χ0v) is 19.0. The van der Waals surface area contributed by atoms with Crippen molar-refractivity contribution >= 4 is 43.0 Å². The molecule has 0 heterocycles. The molecule has 3 rings (SSSR count). The first-order valence-corrected chi connectivity index (χ1v) is 12.8. The van der Waals surface area contributed by atoms with Crippen molar-refractivity contribution in [3.63, 3.8) is 0 Å². The smallest absolute Gasteiger partial charge is 0.261 e. The molecule has 164 valence electrons. The highest BCUT2D eigenvalue weighted by atomic mass is 35.5. The molecule has 0 aliphatic heterocycles. The van der Waals surface area contributed by atoms with Gasteiger partial charge in [-0.15, -0.1) is 0 Å². The number of halogens is 1. The lowest BCUT2D eigenvalue weighted by Gasteiger charge is -2.11. The molecule has 0 atom stereocenters. The van der Waals surface area contributed by atoms with Crippen LogP contribution < -0.4 is 14.2 Å². The monoisotopic (exact) mass is 480 g/mol. The Morgan fingerprint density at radius 3 is 1.90 bits per heavy atom. The molecular weight excluding hydrogens is 460 g/mol. The van der Waals surface area contributed by atoms with E-state index in [1.807, 2.05) is 6.92 Å². The van der Waals surface area contributed by atoms with Gasteiger partial charge in [0.1, 0.15) is 5.75 Å². The Kier molecular flexibility index (Phi) is 7.09. The van der Waals surface area contributed by atoms with Crippen LogP contribution >= 0.6 is 11.6 Å². The summed E-state index contributed by atoms with van der Waals surface area (Å²) in [5.41, 5.74) is 1.22. The van der Waals surface area contributed by atoms with E-state index < -0.39 is 20.0 Å². The molecule has 0 aromatic heterocycles. The van der Waals surface area contributed by atoms with Gasteiger partial charge in [-0.2, -0.15) is 0 Å². The lowest BCUT2D eigenvalue weighted by Crippen LogP contribution is -2.16. The number of hydrogen-bond donors (Lipinski definition) is 2. The van der Waals surface area contributed by atoms with Crippen molar-refractivity contribution in [2.75, 3.05) is 16.1 Å². The molecule has 0 spiro atoms. The highest BCUT2D eigenvalue weighted by molar-refractivity contribution is 7.92. The number of nitrogens with one attached hydrogen (secondary N) is 2. The van der Waals surface area contributed by atoms with E-state index in [9.17, 15) is 16.8 Å². The van der Waals surface area contributed by atoms with Gasteiger partial charge in [-0.05, 0) is 73.2 Å². The fourth-order valence-corrected chi connectivity index (χ4v) is 5.10. The SMILES string of the molecule is CCOc1ccc(NS(=O)(=O)c2ccc(NS(=O)(=O)Cc3ccc(Cl)cc3)cc2)cc1. The molecule has 3 aromatic carbocycles.